The molecule has 4 aromatic rings. The molecule has 0 unspecified atom stereocenters. The number of aromatic amines is 2. The average Bonchev–Trinajstić information content (AvgIpc) is 4.02. The first-order chi connectivity index (χ1) is 27.1. The summed E-state index contributed by atoms with van der Waals surface area (Å²) in [5.41, 5.74) is 6.16. The number of hydrogen-bond acceptors (Lipinski definition) is 8. The van der Waals surface area contributed by atoms with Crippen LogP contribution in [-0.2, 0) is 25.6 Å². The van der Waals surface area contributed by atoms with Gasteiger partial charge in [0.15, 0.2) is 0 Å². The third-order valence-corrected chi connectivity index (χ3v) is 10.9. The van der Waals surface area contributed by atoms with Crippen molar-refractivity contribution in [1.82, 2.24) is 35.1 Å². The van der Waals surface area contributed by atoms with Gasteiger partial charge in [0, 0.05) is 25.3 Å². The van der Waals surface area contributed by atoms with Crippen LogP contribution in [0.2, 0.25) is 0 Å². The maximum atomic E-state index is 13.9. The maximum absolute atomic E-state index is 13.9. The number of nitrogens with zero attached hydrogens (tertiary/aromatic N) is 4. The molecule has 2 fully saturated rings. The summed E-state index contributed by atoms with van der Waals surface area (Å²) in [6.45, 7) is 7.96. The molecule has 5 heterocycles. The summed E-state index contributed by atoms with van der Waals surface area (Å²) >= 11 is 0. The molecule has 13 heteroatoms. The number of imidazole rings is 2. The molecular weight excluding hydrogens is 711 g/mol. The number of carbonyl (C=O) groups is 3. The molecular formula is C43H55N7O6. The van der Waals surface area contributed by atoms with Crippen molar-refractivity contribution >= 4 is 18.1 Å². The highest BCUT2D eigenvalue weighted by Crippen LogP contribution is 2.36. The summed E-state index contributed by atoms with van der Waals surface area (Å²) in [6, 6.07) is 15.7. The van der Waals surface area contributed by atoms with Gasteiger partial charge in [0.25, 0.3) is 0 Å². The minimum atomic E-state index is -0.638. The third-order valence-electron chi connectivity index (χ3n) is 10.9. The number of likely N-dealkylation sites (tertiary alicyclic amines) is 1. The summed E-state index contributed by atoms with van der Waals surface area (Å²) in [7, 11) is 1.32. The van der Waals surface area contributed by atoms with Gasteiger partial charge in [-0.1, -0.05) is 74.2 Å². The van der Waals surface area contributed by atoms with Crippen molar-refractivity contribution in [2.24, 2.45) is 0 Å². The van der Waals surface area contributed by atoms with Crippen LogP contribution in [-0.4, -0.2) is 86.3 Å². The van der Waals surface area contributed by atoms with Crippen molar-refractivity contribution < 1.29 is 28.6 Å². The lowest BCUT2D eigenvalue weighted by atomic mass is 10.0. The largest absolute Gasteiger partial charge is 0.453 e. The number of carbonyl (C=O) groups excluding carboxylic acids is 3. The first-order valence-electron chi connectivity index (χ1n) is 20.1. The number of hydrogen-bond donors (Lipinski definition) is 3. The Hall–Kier alpha value is -5.17. The summed E-state index contributed by atoms with van der Waals surface area (Å²) in [5, 5.41) is 2.80. The van der Waals surface area contributed by atoms with Gasteiger partial charge >= 0.3 is 12.2 Å². The third kappa shape index (κ3) is 9.09. The minimum absolute atomic E-state index is 0.0947. The normalized spacial score (nSPS) is 21.1. The van der Waals surface area contributed by atoms with Crippen molar-refractivity contribution in [2.75, 3.05) is 26.8 Å². The van der Waals surface area contributed by atoms with Crippen LogP contribution in [0.5, 0.6) is 0 Å². The van der Waals surface area contributed by atoms with Crippen molar-refractivity contribution in [3.63, 3.8) is 0 Å². The Labute approximate surface area is 328 Å². The highest BCUT2D eigenvalue weighted by molar-refractivity contribution is 5.86. The number of methoxy groups -OCH3 is 1. The Morgan fingerprint density at radius 3 is 2.20 bits per heavy atom. The van der Waals surface area contributed by atoms with Crippen LogP contribution in [0.15, 0.2) is 54.7 Å². The Bertz CT molecular complexity index is 1960. The van der Waals surface area contributed by atoms with Crippen LogP contribution in [0.4, 0.5) is 9.59 Å². The van der Waals surface area contributed by atoms with E-state index in [1.807, 2.05) is 31.9 Å². The van der Waals surface area contributed by atoms with Crippen LogP contribution in [0.1, 0.15) is 114 Å². The molecule has 298 valence electrons. The van der Waals surface area contributed by atoms with Gasteiger partial charge in [-0.05, 0) is 76.0 Å². The predicted molar refractivity (Wildman–Crippen MR) is 212 cm³/mol. The second-order valence-electron chi connectivity index (χ2n) is 16.1. The lowest BCUT2D eigenvalue weighted by molar-refractivity contribution is -0.134. The number of fused-ring (bicyclic) bond motifs is 4. The minimum Gasteiger partial charge on any atom is -0.453 e. The molecule has 0 radical (unpaired) electrons. The van der Waals surface area contributed by atoms with E-state index < -0.39 is 17.7 Å². The van der Waals surface area contributed by atoms with Gasteiger partial charge in [-0.15, -0.1) is 0 Å². The fourth-order valence-corrected chi connectivity index (χ4v) is 8.07. The van der Waals surface area contributed by atoms with E-state index in [1.54, 1.807) is 4.90 Å². The molecule has 3 atom stereocenters. The number of alkyl carbamates (subject to hydrolysis) is 1. The number of H-pyrrole nitrogens is 2. The smallest absolute Gasteiger partial charge is 0.410 e. The molecule has 13 nitrogen and oxygen atoms in total. The summed E-state index contributed by atoms with van der Waals surface area (Å²) in [5.74, 6) is 1.41. The van der Waals surface area contributed by atoms with Crippen molar-refractivity contribution in [3.05, 3.63) is 72.1 Å². The van der Waals surface area contributed by atoms with Crippen LogP contribution in [0, 0.1) is 0 Å². The molecule has 0 spiro atoms. The molecule has 3 N–H and O–H groups in total. The SMILES string of the molecule is COC(=O)N[C@H]1CCCCCCCOCc2[nH]c(nc2-c2ccc(-c3ccc(-c4cnc([C@@H]5CCCN5C(=O)OC(C)(C)C)[nH]4)cc3)cc2)[C@@H]2CCCN2C1=O. The van der Waals surface area contributed by atoms with E-state index in [0.717, 1.165) is 109 Å². The molecule has 3 aliphatic rings. The average molecular weight is 766 g/mol. The molecule has 3 amide bonds. The molecule has 2 aromatic carbocycles. The van der Waals surface area contributed by atoms with Gasteiger partial charge in [-0.3, -0.25) is 9.69 Å². The molecule has 0 aliphatic carbocycles. The summed E-state index contributed by atoms with van der Waals surface area (Å²) in [4.78, 5) is 59.4. The number of nitrogens with one attached hydrogen (secondary N) is 3. The fourth-order valence-electron chi connectivity index (χ4n) is 8.07. The number of ether oxygens (including phenoxy) is 3. The second kappa shape index (κ2) is 17.3. The summed E-state index contributed by atoms with van der Waals surface area (Å²) < 4.78 is 16.7. The first kappa shape index (κ1) is 39.1. The first-order valence-corrected chi connectivity index (χ1v) is 20.1. The van der Waals surface area contributed by atoms with Crippen LogP contribution in [0.25, 0.3) is 33.6 Å². The zero-order valence-corrected chi connectivity index (χ0v) is 33.1. The molecule has 2 saturated heterocycles. The monoisotopic (exact) mass is 765 g/mol. The number of aromatic nitrogens is 4. The Morgan fingerprint density at radius 1 is 0.804 bits per heavy atom. The second-order valence-corrected chi connectivity index (χ2v) is 16.1. The van der Waals surface area contributed by atoms with E-state index >= 15 is 0 Å². The van der Waals surface area contributed by atoms with Gasteiger partial charge in [0.1, 0.15) is 23.3 Å². The van der Waals surface area contributed by atoms with Crippen LogP contribution in [0.3, 0.4) is 0 Å². The zero-order chi connectivity index (χ0) is 39.2. The number of benzene rings is 2. The van der Waals surface area contributed by atoms with E-state index in [0.29, 0.717) is 32.7 Å². The van der Waals surface area contributed by atoms with Gasteiger partial charge in [0.05, 0.1) is 49.1 Å². The Balaban J connectivity index is 1.08. The van der Waals surface area contributed by atoms with E-state index in [1.165, 1.54) is 7.11 Å². The van der Waals surface area contributed by atoms with Gasteiger partial charge in [-0.25, -0.2) is 19.6 Å². The maximum Gasteiger partial charge on any atom is 0.410 e. The molecule has 2 aromatic heterocycles. The van der Waals surface area contributed by atoms with E-state index in [2.05, 4.69) is 68.8 Å². The highest BCUT2D eigenvalue weighted by Gasteiger charge is 2.37. The van der Waals surface area contributed by atoms with Gasteiger partial charge < -0.3 is 34.4 Å². The van der Waals surface area contributed by atoms with Gasteiger partial charge in [0.2, 0.25) is 5.91 Å². The van der Waals surface area contributed by atoms with Crippen LogP contribution < -0.4 is 5.32 Å². The predicted octanol–water partition coefficient (Wildman–Crippen LogP) is 8.46. The van der Waals surface area contributed by atoms with E-state index in [4.69, 9.17) is 19.2 Å². The Kier molecular flexibility index (Phi) is 12.1. The van der Waals surface area contributed by atoms with Gasteiger partial charge in [-0.2, -0.15) is 0 Å². The fraction of sp³-hybridized carbons (Fsp3) is 0.512. The molecule has 7 rings (SSSR count). The van der Waals surface area contributed by atoms with Crippen molar-refractivity contribution in [1.29, 1.82) is 0 Å². The van der Waals surface area contributed by atoms with Crippen molar-refractivity contribution in [3.8, 4) is 33.6 Å². The number of amides is 3. The number of rotatable bonds is 5. The lowest BCUT2D eigenvalue weighted by Gasteiger charge is -2.28. The molecule has 56 heavy (non-hydrogen) atoms. The highest BCUT2D eigenvalue weighted by atomic mass is 16.6. The Morgan fingerprint density at radius 2 is 1.46 bits per heavy atom. The standard InChI is InChI=1S/C43H55N7O6/c1-43(2,3)56-42(53)50-24-11-13-35(50)38-44-26-33(45-38)30-19-15-28(16-20-30)29-17-21-31(22-18-29)37-34-27-55-25-9-7-5-6-8-12-32(47-41(52)54-4)40(51)49-23-10-14-36(49)39(46-34)48-37/h15-22,26,32,35-36H,5-14,23-25,27H2,1-4H3,(H,44,45)(H,46,48)(H,47,52)/t32-,35-,36-/m0/s1. The lowest BCUT2D eigenvalue weighted by Crippen LogP contribution is -2.48. The zero-order valence-electron chi connectivity index (χ0n) is 33.1. The van der Waals surface area contributed by atoms with E-state index in [9.17, 15) is 14.4 Å². The molecule has 2 bridgehead atoms. The molecule has 0 saturated carbocycles. The topological polar surface area (TPSA) is 155 Å². The van der Waals surface area contributed by atoms with E-state index in [-0.39, 0.29) is 24.1 Å². The van der Waals surface area contributed by atoms with Crippen molar-refractivity contribution in [2.45, 2.75) is 115 Å². The summed E-state index contributed by atoms with van der Waals surface area (Å²) in [6.07, 6.45) is 9.76. The van der Waals surface area contributed by atoms with Crippen LogP contribution >= 0.6 is 0 Å². The quantitative estimate of drug-likeness (QED) is 0.183. The molecule has 3 aliphatic heterocycles.